The van der Waals surface area contributed by atoms with Crippen LogP contribution in [0.5, 0.6) is 5.75 Å². The SMILES string of the molecule is Cc1ccc2cccc(OC(=O)Cl)c2n1. The van der Waals surface area contributed by atoms with Crippen molar-refractivity contribution in [3.63, 3.8) is 0 Å². The highest BCUT2D eigenvalue weighted by Crippen LogP contribution is 2.24. The Hall–Kier alpha value is -1.61. The highest BCUT2D eigenvalue weighted by molar-refractivity contribution is 6.61. The maximum atomic E-state index is 10.7. The van der Waals surface area contributed by atoms with Crippen molar-refractivity contribution >= 4 is 27.9 Å². The molecular formula is C11H8ClNO2. The minimum absolute atomic E-state index is 0.385. The first kappa shape index (κ1) is 9.93. The predicted molar refractivity (Wildman–Crippen MR) is 58.4 cm³/mol. The number of aryl methyl sites for hydroxylation is 1. The fourth-order valence-corrected chi connectivity index (χ4v) is 1.47. The summed E-state index contributed by atoms with van der Waals surface area (Å²) in [5.41, 5.74) is 0.651. The van der Waals surface area contributed by atoms with Crippen molar-refractivity contribution in [1.29, 1.82) is 0 Å². The quantitative estimate of drug-likeness (QED) is 0.694. The lowest BCUT2D eigenvalue weighted by Gasteiger charge is -2.04. The lowest BCUT2D eigenvalue weighted by atomic mass is 10.2. The third kappa shape index (κ3) is 2.07. The van der Waals surface area contributed by atoms with E-state index < -0.39 is 5.43 Å². The summed E-state index contributed by atoms with van der Waals surface area (Å²) in [6, 6.07) is 9.16. The van der Waals surface area contributed by atoms with Gasteiger partial charge in [-0.1, -0.05) is 18.2 Å². The summed E-state index contributed by atoms with van der Waals surface area (Å²) in [6.45, 7) is 1.87. The van der Waals surface area contributed by atoms with Crippen molar-refractivity contribution in [3.05, 3.63) is 36.0 Å². The number of hydrogen-bond acceptors (Lipinski definition) is 3. The van der Waals surface area contributed by atoms with E-state index in [0.29, 0.717) is 11.3 Å². The molecule has 15 heavy (non-hydrogen) atoms. The number of hydrogen-bond donors (Lipinski definition) is 0. The molecule has 2 aromatic rings. The maximum Gasteiger partial charge on any atom is 0.409 e. The number of nitrogens with zero attached hydrogens (tertiary/aromatic N) is 1. The van der Waals surface area contributed by atoms with Gasteiger partial charge in [-0.2, -0.15) is 0 Å². The Balaban J connectivity index is 2.63. The molecule has 0 unspecified atom stereocenters. The van der Waals surface area contributed by atoms with Crippen LogP contribution in [0.4, 0.5) is 4.79 Å². The van der Waals surface area contributed by atoms with Crippen LogP contribution in [0.15, 0.2) is 30.3 Å². The lowest BCUT2D eigenvalue weighted by molar-refractivity contribution is 0.226. The summed E-state index contributed by atoms with van der Waals surface area (Å²) in [5, 5.41) is 0.913. The number of ether oxygens (including phenoxy) is 1. The Bertz CT molecular complexity index is 525. The van der Waals surface area contributed by atoms with Crippen LogP contribution in [-0.2, 0) is 0 Å². The third-order valence-electron chi connectivity index (χ3n) is 2.01. The first-order chi connectivity index (χ1) is 7.16. The summed E-state index contributed by atoms with van der Waals surface area (Å²) in [4.78, 5) is 14.9. The summed E-state index contributed by atoms with van der Waals surface area (Å²) < 4.78 is 4.85. The van der Waals surface area contributed by atoms with Gasteiger partial charge in [0.05, 0.1) is 0 Å². The molecule has 0 fully saturated rings. The zero-order valence-electron chi connectivity index (χ0n) is 8.03. The van der Waals surface area contributed by atoms with Crippen molar-refractivity contribution < 1.29 is 9.53 Å². The molecule has 0 amide bonds. The van der Waals surface area contributed by atoms with E-state index in [4.69, 9.17) is 16.3 Å². The number of rotatable bonds is 1. The minimum Gasteiger partial charge on any atom is -0.412 e. The molecule has 0 aliphatic carbocycles. The number of para-hydroxylation sites is 1. The normalized spacial score (nSPS) is 10.3. The van der Waals surface area contributed by atoms with Crippen molar-refractivity contribution in [2.24, 2.45) is 0 Å². The molecule has 0 radical (unpaired) electrons. The fraction of sp³-hybridized carbons (Fsp3) is 0.0909. The number of aromatic nitrogens is 1. The Morgan fingerprint density at radius 3 is 2.87 bits per heavy atom. The van der Waals surface area contributed by atoms with Gasteiger partial charge in [-0.3, -0.25) is 0 Å². The van der Waals surface area contributed by atoms with E-state index in [2.05, 4.69) is 4.98 Å². The van der Waals surface area contributed by atoms with Crippen LogP contribution < -0.4 is 4.74 Å². The topological polar surface area (TPSA) is 39.2 Å². The molecule has 0 atom stereocenters. The Morgan fingerprint density at radius 1 is 1.33 bits per heavy atom. The zero-order valence-corrected chi connectivity index (χ0v) is 8.78. The lowest BCUT2D eigenvalue weighted by Crippen LogP contribution is -1.97. The van der Waals surface area contributed by atoms with Crippen LogP contribution in [0.2, 0.25) is 0 Å². The average Bonchev–Trinajstić information content (AvgIpc) is 2.18. The third-order valence-corrected chi connectivity index (χ3v) is 2.09. The van der Waals surface area contributed by atoms with Crippen molar-refractivity contribution in [2.75, 3.05) is 0 Å². The second-order valence-corrected chi connectivity index (χ2v) is 3.43. The van der Waals surface area contributed by atoms with E-state index in [1.165, 1.54) is 0 Å². The van der Waals surface area contributed by atoms with Crippen LogP contribution in [0.25, 0.3) is 10.9 Å². The molecule has 2 rings (SSSR count). The molecule has 0 saturated heterocycles. The van der Waals surface area contributed by atoms with E-state index in [1.54, 1.807) is 12.1 Å². The molecule has 1 aromatic heterocycles. The van der Waals surface area contributed by atoms with E-state index >= 15 is 0 Å². The Kier molecular flexibility index (Phi) is 2.56. The molecule has 1 heterocycles. The summed E-state index contributed by atoms with van der Waals surface area (Å²) in [7, 11) is 0. The van der Waals surface area contributed by atoms with Gasteiger partial charge in [0, 0.05) is 22.7 Å². The number of pyridine rings is 1. The van der Waals surface area contributed by atoms with Gasteiger partial charge >= 0.3 is 5.43 Å². The van der Waals surface area contributed by atoms with Crippen molar-refractivity contribution in [1.82, 2.24) is 4.98 Å². The molecular weight excluding hydrogens is 214 g/mol. The smallest absolute Gasteiger partial charge is 0.409 e. The number of fused-ring (bicyclic) bond motifs is 1. The van der Waals surface area contributed by atoms with E-state index in [-0.39, 0.29) is 0 Å². The van der Waals surface area contributed by atoms with Gasteiger partial charge in [0.25, 0.3) is 0 Å². The van der Waals surface area contributed by atoms with Crippen LogP contribution in [0.1, 0.15) is 5.69 Å². The average molecular weight is 222 g/mol. The molecule has 0 bridgehead atoms. The Labute approximate surface area is 91.6 Å². The van der Waals surface area contributed by atoms with Crippen LogP contribution in [-0.4, -0.2) is 10.4 Å². The van der Waals surface area contributed by atoms with Crippen molar-refractivity contribution in [2.45, 2.75) is 6.92 Å². The van der Waals surface area contributed by atoms with Gasteiger partial charge in [0.2, 0.25) is 0 Å². The van der Waals surface area contributed by atoms with E-state index in [9.17, 15) is 4.79 Å². The van der Waals surface area contributed by atoms with Crippen LogP contribution in [0, 0.1) is 6.92 Å². The minimum atomic E-state index is -0.856. The van der Waals surface area contributed by atoms with Gasteiger partial charge < -0.3 is 4.74 Å². The molecule has 3 nitrogen and oxygen atoms in total. The summed E-state index contributed by atoms with van der Waals surface area (Å²) in [6.07, 6.45) is 0. The molecule has 0 saturated carbocycles. The Morgan fingerprint density at radius 2 is 2.13 bits per heavy atom. The fourth-order valence-electron chi connectivity index (χ4n) is 1.39. The van der Waals surface area contributed by atoms with Crippen LogP contribution >= 0.6 is 11.6 Å². The molecule has 0 N–H and O–H groups in total. The van der Waals surface area contributed by atoms with Gasteiger partial charge in [-0.25, -0.2) is 9.78 Å². The monoisotopic (exact) mass is 221 g/mol. The van der Waals surface area contributed by atoms with E-state index in [1.807, 2.05) is 25.1 Å². The zero-order chi connectivity index (χ0) is 10.8. The van der Waals surface area contributed by atoms with Crippen LogP contribution in [0.3, 0.4) is 0 Å². The maximum absolute atomic E-state index is 10.7. The van der Waals surface area contributed by atoms with Gasteiger partial charge in [0.1, 0.15) is 5.52 Å². The largest absolute Gasteiger partial charge is 0.412 e. The molecule has 76 valence electrons. The first-order valence-electron chi connectivity index (χ1n) is 4.40. The second kappa shape index (κ2) is 3.87. The second-order valence-electron chi connectivity index (χ2n) is 3.12. The first-order valence-corrected chi connectivity index (χ1v) is 4.78. The standard InChI is InChI=1S/C11H8ClNO2/c1-7-5-6-8-3-2-4-9(10(8)13-7)15-11(12)14/h2-6H,1H3. The number of benzene rings is 1. The van der Waals surface area contributed by atoms with Gasteiger partial charge in [-0.05, 0) is 19.1 Å². The molecule has 4 heteroatoms. The number of carbonyl (C=O) groups excluding carboxylic acids is 1. The summed E-state index contributed by atoms with van der Waals surface area (Å²) in [5.74, 6) is 0.385. The number of halogens is 1. The molecule has 1 aromatic carbocycles. The predicted octanol–water partition coefficient (Wildman–Crippen LogP) is 3.28. The molecule has 0 aliphatic rings. The van der Waals surface area contributed by atoms with Gasteiger partial charge in [0.15, 0.2) is 5.75 Å². The molecule has 0 aliphatic heterocycles. The molecule has 0 spiro atoms. The number of carbonyl (C=O) groups is 1. The highest BCUT2D eigenvalue weighted by Gasteiger charge is 2.06. The van der Waals surface area contributed by atoms with Gasteiger partial charge in [-0.15, -0.1) is 0 Å². The van der Waals surface area contributed by atoms with E-state index in [0.717, 1.165) is 11.1 Å². The highest BCUT2D eigenvalue weighted by atomic mass is 35.5. The van der Waals surface area contributed by atoms with Crippen molar-refractivity contribution in [3.8, 4) is 5.75 Å². The summed E-state index contributed by atoms with van der Waals surface area (Å²) >= 11 is 5.16.